The molecule has 3 N–H and O–H groups in total. The van der Waals surface area contributed by atoms with Crippen molar-refractivity contribution in [2.24, 2.45) is 0 Å². The molecule has 0 aliphatic carbocycles. The van der Waals surface area contributed by atoms with Crippen molar-refractivity contribution >= 4 is 40.5 Å². The zero-order valence-electron chi connectivity index (χ0n) is 10.1. The predicted octanol–water partition coefficient (Wildman–Crippen LogP) is 3.53. The molecule has 4 nitrogen and oxygen atoms in total. The van der Waals surface area contributed by atoms with E-state index in [0.29, 0.717) is 21.4 Å². The van der Waals surface area contributed by atoms with Crippen LogP contribution in [0.4, 0.5) is 11.4 Å². The second-order valence-electron chi connectivity index (χ2n) is 4.00. The van der Waals surface area contributed by atoms with E-state index < -0.39 is 0 Å². The van der Waals surface area contributed by atoms with Crippen molar-refractivity contribution in [2.75, 3.05) is 11.1 Å². The third kappa shape index (κ3) is 3.16. The number of aromatic nitrogens is 1. The van der Waals surface area contributed by atoms with E-state index in [1.54, 1.807) is 24.3 Å². The van der Waals surface area contributed by atoms with Crippen LogP contribution in [0.3, 0.4) is 0 Å². The van der Waals surface area contributed by atoms with Crippen LogP contribution in [-0.4, -0.2) is 10.9 Å². The molecule has 0 saturated heterocycles. The van der Waals surface area contributed by atoms with Crippen LogP contribution >= 0.6 is 23.2 Å². The van der Waals surface area contributed by atoms with Crippen LogP contribution < -0.4 is 11.1 Å². The SMILES string of the molecule is Cc1cc(N)c(Cl)cc1NC(=O)c1ccc(Cl)cn1. The number of nitrogens with two attached hydrogens (primary N) is 1. The van der Waals surface area contributed by atoms with E-state index in [0.717, 1.165) is 5.56 Å². The van der Waals surface area contributed by atoms with Gasteiger partial charge in [0, 0.05) is 11.9 Å². The summed E-state index contributed by atoms with van der Waals surface area (Å²) in [5.41, 5.74) is 7.85. The standard InChI is InChI=1S/C13H11Cl2N3O/c1-7-4-10(16)9(15)5-12(7)18-13(19)11-3-2-8(14)6-17-11/h2-6H,16H2,1H3,(H,18,19). The Hall–Kier alpha value is -1.78. The van der Waals surface area contributed by atoms with E-state index in [2.05, 4.69) is 10.3 Å². The average Bonchev–Trinajstić information content (AvgIpc) is 2.36. The number of amides is 1. The number of pyridine rings is 1. The number of carbonyl (C=O) groups is 1. The second-order valence-corrected chi connectivity index (χ2v) is 4.85. The molecule has 0 bridgehead atoms. The maximum Gasteiger partial charge on any atom is 0.274 e. The largest absolute Gasteiger partial charge is 0.398 e. The highest BCUT2D eigenvalue weighted by molar-refractivity contribution is 6.33. The number of rotatable bonds is 2. The smallest absolute Gasteiger partial charge is 0.274 e. The molecular formula is C13H11Cl2N3O. The average molecular weight is 296 g/mol. The number of nitrogens with one attached hydrogen (secondary N) is 1. The topological polar surface area (TPSA) is 68.0 Å². The molecule has 19 heavy (non-hydrogen) atoms. The Bertz CT molecular complexity index is 627. The van der Waals surface area contributed by atoms with Crippen molar-refractivity contribution in [3.63, 3.8) is 0 Å². The lowest BCUT2D eigenvalue weighted by atomic mass is 10.1. The molecule has 0 atom stereocenters. The number of nitrogen functional groups attached to an aromatic ring is 1. The monoisotopic (exact) mass is 295 g/mol. The highest BCUT2D eigenvalue weighted by Gasteiger charge is 2.10. The lowest BCUT2D eigenvalue weighted by Crippen LogP contribution is -2.14. The molecule has 2 rings (SSSR count). The molecule has 0 radical (unpaired) electrons. The van der Waals surface area contributed by atoms with E-state index in [9.17, 15) is 4.79 Å². The van der Waals surface area contributed by atoms with Gasteiger partial charge in [-0.25, -0.2) is 4.98 Å². The third-order valence-corrected chi connectivity index (χ3v) is 3.10. The van der Waals surface area contributed by atoms with Gasteiger partial charge in [0.05, 0.1) is 15.7 Å². The molecule has 98 valence electrons. The minimum Gasteiger partial charge on any atom is -0.398 e. The van der Waals surface area contributed by atoms with Gasteiger partial charge in [0.15, 0.2) is 0 Å². The Kier molecular flexibility index (Phi) is 3.93. The summed E-state index contributed by atoms with van der Waals surface area (Å²) >= 11 is 11.6. The predicted molar refractivity (Wildman–Crippen MR) is 77.8 cm³/mol. The maximum absolute atomic E-state index is 12.0. The van der Waals surface area contributed by atoms with Gasteiger partial charge in [0.25, 0.3) is 5.91 Å². The summed E-state index contributed by atoms with van der Waals surface area (Å²) in [5, 5.41) is 3.60. The molecule has 6 heteroatoms. The number of aryl methyl sites for hydroxylation is 1. The Balaban J connectivity index is 2.24. The summed E-state index contributed by atoms with van der Waals surface area (Å²) in [7, 11) is 0. The van der Waals surface area contributed by atoms with Crippen molar-refractivity contribution in [1.82, 2.24) is 4.98 Å². The first-order chi connectivity index (χ1) is 8.97. The molecule has 0 fully saturated rings. The van der Waals surface area contributed by atoms with Crippen LogP contribution in [0.1, 0.15) is 16.1 Å². The zero-order valence-corrected chi connectivity index (χ0v) is 11.6. The first kappa shape index (κ1) is 13.6. The van der Waals surface area contributed by atoms with Gasteiger partial charge in [-0.05, 0) is 36.8 Å². The third-order valence-electron chi connectivity index (χ3n) is 2.55. The summed E-state index contributed by atoms with van der Waals surface area (Å²) in [6, 6.07) is 6.46. The molecule has 1 aromatic carbocycles. The maximum atomic E-state index is 12.0. The lowest BCUT2D eigenvalue weighted by molar-refractivity contribution is 0.102. The molecule has 0 aliphatic heterocycles. The van der Waals surface area contributed by atoms with Gasteiger partial charge in [-0.2, -0.15) is 0 Å². The van der Waals surface area contributed by atoms with Crippen molar-refractivity contribution in [2.45, 2.75) is 6.92 Å². The van der Waals surface area contributed by atoms with Crippen molar-refractivity contribution in [3.8, 4) is 0 Å². The second kappa shape index (κ2) is 5.47. The summed E-state index contributed by atoms with van der Waals surface area (Å²) in [4.78, 5) is 15.9. The molecule has 0 spiro atoms. The van der Waals surface area contributed by atoms with E-state index in [1.807, 2.05) is 6.92 Å². The lowest BCUT2D eigenvalue weighted by Gasteiger charge is -2.10. The van der Waals surface area contributed by atoms with Crippen LogP contribution in [0, 0.1) is 6.92 Å². The summed E-state index contributed by atoms with van der Waals surface area (Å²) in [6.07, 6.45) is 1.42. The minimum atomic E-state index is -0.333. The van der Waals surface area contributed by atoms with Crippen LogP contribution in [0.5, 0.6) is 0 Å². The van der Waals surface area contributed by atoms with E-state index in [-0.39, 0.29) is 11.6 Å². The van der Waals surface area contributed by atoms with Crippen molar-refractivity contribution in [1.29, 1.82) is 0 Å². The molecule has 0 saturated carbocycles. The number of nitrogens with zero attached hydrogens (tertiary/aromatic N) is 1. The first-order valence-electron chi connectivity index (χ1n) is 5.46. The van der Waals surface area contributed by atoms with Crippen LogP contribution in [0.2, 0.25) is 10.0 Å². The Morgan fingerprint density at radius 3 is 2.68 bits per heavy atom. The van der Waals surface area contributed by atoms with Gasteiger partial charge in [-0.3, -0.25) is 4.79 Å². The quantitative estimate of drug-likeness (QED) is 0.833. The fraction of sp³-hybridized carbons (Fsp3) is 0.0769. The van der Waals surface area contributed by atoms with Crippen LogP contribution in [0.15, 0.2) is 30.5 Å². The first-order valence-corrected chi connectivity index (χ1v) is 6.21. The molecule has 1 aromatic heterocycles. The van der Waals surface area contributed by atoms with Crippen molar-refractivity contribution < 1.29 is 4.79 Å². The fourth-order valence-corrected chi connectivity index (χ4v) is 1.81. The van der Waals surface area contributed by atoms with E-state index >= 15 is 0 Å². The van der Waals surface area contributed by atoms with Gasteiger partial charge in [-0.1, -0.05) is 23.2 Å². The van der Waals surface area contributed by atoms with Crippen LogP contribution in [-0.2, 0) is 0 Å². The summed E-state index contributed by atoms with van der Waals surface area (Å²) in [6.45, 7) is 1.83. The Labute approximate surface area is 120 Å². The molecule has 1 amide bonds. The Morgan fingerprint density at radius 1 is 1.32 bits per heavy atom. The number of benzene rings is 1. The molecule has 0 aliphatic rings. The highest BCUT2D eigenvalue weighted by atomic mass is 35.5. The molecule has 0 unspecified atom stereocenters. The zero-order chi connectivity index (χ0) is 14.0. The minimum absolute atomic E-state index is 0.275. The molecule has 1 heterocycles. The van der Waals surface area contributed by atoms with E-state index in [1.165, 1.54) is 6.20 Å². The number of hydrogen-bond acceptors (Lipinski definition) is 3. The summed E-state index contributed by atoms with van der Waals surface area (Å²) < 4.78 is 0. The van der Waals surface area contributed by atoms with Gasteiger partial charge in [0.2, 0.25) is 0 Å². The summed E-state index contributed by atoms with van der Waals surface area (Å²) in [5.74, 6) is -0.333. The van der Waals surface area contributed by atoms with Crippen LogP contribution in [0.25, 0.3) is 0 Å². The van der Waals surface area contributed by atoms with Gasteiger partial charge in [-0.15, -0.1) is 0 Å². The number of hydrogen-bond donors (Lipinski definition) is 2. The fourth-order valence-electron chi connectivity index (χ4n) is 1.53. The molecular weight excluding hydrogens is 285 g/mol. The van der Waals surface area contributed by atoms with Crippen molar-refractivity contribution in [3.05, 3.63) is 51.8 Å². The number of halogens is 2. The normalized spacial score (nSPS) is 10.3. The number of carbonyl (C=O) groups excluding carboxylic acids is 1. The number of anilines is 2. The van der Waals surface area contributed by atoms with Gasteiger partial charge in [0.1, 0.15) is 5.69 Å². The van der Waals surface area contributed by atoms with E-state index in [4.69, 9.17) is 28.9 Å². The Morgan fingerprint density at radius 2 is 2.05 bits per heavy atom. The molecule has 2 aromatic rings. The van der Waals surface area contributed by atoms with Gasteiger partial charge >= 0.3 is 0 Å². The van der Waals surface area contributed by atoms with Gasteiger partial charge < -0.3 is 11.1 Å². The highest BCUT2D eigenvalue weighted by Crippen LogP contribution is 2.26.